The summed E-state index contributed by atoms with van der Waals surface area (Å²) in [6.45, 7) is 3.44. The molecule has 3 rings (SSSR count). The Bertz CT molecular complexity index is 638. The molecule has 1 aromatic carbocycles. The largest absolute Gasteiger partial charge is 0.377 e. The lowest BCUT2D eigenvalue weighted by molar-refractivity contribution is 0.177. The first-order valence-electron chi connectivity index (χ1n) is 7.73. The fraction of sp³-hybridized carbons (Fsp3) is 0.444. The van der Waals surface area contributed by atoms with Crippen LogP contribution in [0.15, 0.2) is 36.4 Å². The molecule has 4 nitrogen and oxygen atoms in total. The summed E-state index contributed by atoms with van der Waals surface area (Å²) < 4.78 is 5.16. The zero-order valence-corrected chi connectivity index (χ0v) is 13.5. The third-order valence-corrected chi connectivity index (χ3v) is 4.33. The van der Waals surface area contributed by atoms with Gasteiger partial charge in [-0.1, -0.05) is 30.3 Å². The molecule has 0 saturated heterocycles. The highest BCUT2D eigenvalue weighted by Crippen LogP contribution is 2.48. The maximum atomic E-state index is 5.16. The van der Waals surface area contributed by atoms with E-state index in [0.717, 1.165) is 23.9 Å². The molecule has 1 heterocycles. The number of aryl methyl sites for hydroxylation is 1. The van der Waals surface area contributed by atoms with Crippen LogP contribution in [0.5, 0.6) is 0 Å². The third-order valence-electron chi connectivity index (χ3n) is 4.33. The smallest absolute Gasteiger partial charge is 0.156 e. The van der Waals surface area contributed by atoms with E-state index >= 15 is 0 Å². The number of methoxy groups -OCH3 is 1. The van der Waals surface area contributed by atoms with Crippen LogP contribution >= 0.6 is 0 Å². The van der Waals surface area contributed by atoms with Crippen LogP contribution in [0.25, 0.3) is 0 Å². The van der Waals surface area contributed by atoms with Crippen molar-refractivity contribution >= 4 is 5.82 Å². The minimum atomic E-state index is 0.288. The average Bonchev–Trinajstić information content (AvgIpc) is 3.29. The standard InChI is InChI=1S/C18H23N3O/c1-14-11-17(20-16(19-14)12-22-3)21(2)13-18(9-10-18)15-7-5-4-6-8-15/h4-8,11H,9-10,12-13H2,1-3H3. The molecule has 1 aromatic heterocycles. The first kappa shape index (κ1) is 15.0. The van der Waals surface area contributed by atoms with Crippen LogP contribution in [0.4, 0.5) is 5.82 Å². The minimum Gasteiger partial charge on any atom is -0.377 e. The van der Waals surface area contributed by atoms with Crippen LogP contribution in [0, 0.1) is 6.92 Å². The second-order valence-corrected chi connectivity index (χ2v) is 6.22. The molecular formula is C18H23N3O. The van der Waals surface area contributed by atoms with Crippen molar-refractivity contribution in [2.45, 2.75) is 31.8 Å². The maximum Gasteiger partial charge on any atom is 0.156 e. The number of nitrogens with zero attached hydrogens (tertiary/aromatic N) is 3. The van der Waals surface area contributed by atoms with Crippen LogP contribution in [-0.4, -0.2) is 30.7 Å². The van der Waals surface area contributed by atoms with Gasteiger partial charge in [0.15, 0.2) is 5.82 Å². The van der Waals surface area contributed by atoms with E-state index in [1.807, 2.05) is 13.0 Å². The zero-order chi connectivity index (χ0) is 15.6. The molecule has 4 heteroatoms. The van der Waals surface area contributed by atoms with Gasteiger partial charge in [0.1, 0.15) is 12.4 Å². The van der Waals surface area contributed by atoms with E-state index in [1.165, 1.54) is 18.4 Å². The van der Waals surface area contributed by atoms with Gasteiger partial charge in [0.2, 0.25) is 0 Å². The summed E-state index contributed by atoms with van der Waals surface area (Å²) in [5, 5.41) is 0. The summed E-state index contributed by atoms with van der Waals surface area (Å²) in [5.41, 5.74) is 2.70. The Balaban J connectivity index is 1.79. The normalized spacial score (nSPS) is 15.6. The second kappa shape index (κ2) is 6.05. The van der Waals surface area contributed by atoms with Crippen LogP contribution in [0.1, 0.15) is 29.9 Å². The monoisotopic (exact) mass is 297 g/mol. The van der Waals surface area contributed by atoms with E-state index in [2.05, 4.69) is 52.2 Å². The molecule has 1 fully saturated rings. The number of anilines is 1. The number of aromatic nitrogens is 2. The maximum absolute atomic E-state index is 5.16. The zero-order valence-electron chi connectivity index (χ0n) is 13.5. The molecule has 0 N–H and O–H groups in total. The number of likely N-dealkylation sites (N-methyl/N-ethyl adjacent to an activating group) is 1. The molecule has 0 amide bonds. The van der Waals surface area contributed by atoms with Gasteiger partial charge in [-0.25, -0.2) is 9.97 Å². The Morgan fingerprint density at radius 2 is 1.91 bits per heavy atom. The lowest BCUT2D eigenvalue weighted by Gasteiger charge is -2.25. The Morgan fingerprint density at radius 1 is 1.18 bits per heavy atom. The highest BCUT2D eigenvalue weighted by atomic mass is 16.5. The first-order valence-corrected chi connectivity index (χ1v) is 7.73. The molecule has 0 aliphatic heterocycles. The van der Waals surface area contributed by atoms with E-state index in [1.54, 1.807) is 7.11 Å². The SMILES string of the molecule is COCc1nc(C)cc(N(C)CC2(c3ccccc3)CC2)n1. The van der Waals surface area contributed by atoms with Crippen molar-refractivity contribution in [2.24, 2.45) is 0 Å². The van der Waals surface area contributed by atoms with Gasteiger partial charge >= 0.3 is 0 Å². The molecule has 0 spiro atoms. The van der Waals surface area contributed by atoms with Crippen LogP contribution < -0.4 is 4.90 Å². The molecule has 0 unspecified atom stereocenters. The molecule has 1 saturated carbocycles. The molecular weight excluding hydrogens is 274 g/mol. The van der Waals surface area contributed by atoms with Crippen molar-refractivity contribution in [1.29, 1.82) is 0 Å². The van der Waals surface area contributed by atoms with Gasteiger partial charge in [-0.2, -0.15) is 0 Å². The average molecular weight is 297 g/mol. The molecule has 1 aliphatic carbocycles. The number of benzene rings is 1. The van der Waals surface area contributed by atoms with Crippen molar-refractivity contribution in [2.75, 3.05) is 25.6 Å². The highest BCUT2D eigenvalue weighted by molar-refractivity contribution is 5.42. The van der Waals surface area contributed by atoms with Gasteiger partial charge in [0, 0.05) is 37.9 Å². The van der Waals surface area contributed by atoms with E-state index in [9.17, 15) is 0 Å². The van der Waals surface area contributed by atoms with Crippen molar-refractivity contribution in [3.63, 3.8) is 0 Å². The van der Waals surface area contributed by atoms with E-state index in [4.69, 9.17) is 4.74 Å². The molecule has 0 radical (unpaired) electrons. The Hall–Kier alpha value is -1.94. The quantitative estimate of drug-likeness (QED) is 0.821. The van der Waals surface area contributed by atoms with Crippen LogP contribution in [-0.2, 0) is 16.8 Å². The predicted molar refractivity (Wildman–Crippen MR) is 88.1 cm³/mol. The molecule has 2 aromatic rings. The Kier molecular flexibility index (Phi) is 4.12. The summed E-state index contributed by atoms with van der Waals surface area (Å²) in [6.07, 6.45) is 2.49. The molecule has 0 bridgehead atoms. The topological polar surface area (TPSA) is 38.2 Å². The fourth-order valence-electron chi connectivity index (χ4n) is 3.02. The van der Waals surface area contributed by atoms with Crippen molar-refractivity contribution in [1.82, 2.24) is 9.97 Å². The molecule has 116 valence electrons. The number of ether oxygens (including phenoxy) is 1. The van der Waals surface area contributed by atoms with Gasteiger partial charge in [0.05, 0.1) is 0 Å². The summed E-state index contributed by atoms with van der Waals surface area (Å²) in [4.78, 5) is 11.3. The van der Waals surface area contributed by atoms with Gasteiger partial charge in [-0.05, 0) is 25.3 Å². The Morgan fingerprint density at radius 3 is 2.55 bits per heavy atom. The first-order chi connectivity index (χ1) is 10.6. The van der Waals surface area contributed by atoms with E-state index in [-0.39, 0.29) is 5.41 Å². The second-order valence-electron chi connectivity index (χ2n) is 6.22. The fourth-order valence-corrected chi connectivity index (χ4v) is 3.02. The molecule has 22 heavy (non-hydrogen) atoms. The predicted octanol–water partition coefficient (Wildman–Crippen LogP) is 3.10. The number of rotatable bonds is 6. The van der Waals surface area contributed by atoms with Crippen LogP contribution in [0.3, 0.4) is 0 Å². The molecule has 0 atom stereocenters. The van der Waals surface area contributed by atoms with Crippen molar-refractivity contribution < 1.29 is 4.74 Å². The Labute approximate surface area is 132 Å². The van der Waals surface area contributed by atoms with Gasteiger partial charge in [0.25, 0.3) is 0 Å². The molecule has 1 aliphatic rings. The lowest BCUT2D eigenvalue weighted by Crippen LogP contribution is -2.30. The number of hydrogen-bond donors (Lipinski definition) is 0. The third kappa shape index (κ3) is 3.12. The van der Waals surface area contributed by atoms with Gasteiger partial charge in [-0.15, -0.1) is 0 Å². The summed E-state index contributed by atoms with van der Waals surface area (Å²) in [6, 6.07) is 12.8. The summed E-state index contributed by atoms with van der Waals surface area (Å²) in [5.74, 6) is 1.72. The van der Waals surface area contributed by atoms with Crippen molar-refractivity contribution in [3.05, 3.63) is 53.5 Å². The number of hydrogen-bond acceptors (Lipinski definition) is 4. The van der Waals surface area contributed by atoms with Gasteiger partial charge < -0.3 is 9.64 Å². The van der Waals surface area contributed by atoms with Crippen LogP contribution in [0.2, 0.25) is 0 Å². The van der Waals surface area contributed by atoms with Crippen molar-refractivity contribution in [3.8, 4) is 0 Å². The van der Waals surface area contributed by atoms with E-state index in [0.29, 0.717) is 6.61 Å². The summed E-state index contributed by atoms with van der Waals surface area (Å²) >= 11 is 0. The van der Waals surface area contributed by atoms with E-state index < -0.39 is 0 Å². The summed E-state index contributed by atoms with van der Waals surface area (Å²) in [7, 11) is 3.78. The minimum absolute atomic E-state index is 0.288. The lowest BCUT2D eigenvalue weighted by atomic mass is 9.95. The van der Waals surface area contributed by atoms with Gasteiger partial charge in [-0.3, -0.25) is 0 Å². The highest BCUT2D eigenvalue weighted by Gasteiger charge is 2.45.